The minimum atomic E-state index is -0.712. The minimum absolute atomic E-state index is 0.0393. The first-order valence-electron chi connectivity index (χ1n) is 10.1. The van der Waals surface area contributed by atoms with E-state index < -0.39 is 17.5 Å². The molecule has 0 atom stereocenters. The molecule has 31 heavy (non-hydrogen) atoms. The summed E-state index contributed by atoms with van der Waals surface area (Å²) in [5.41, 5.74) is 2.43. The number of halogens is 1. The second-order valence-corrected chi connectivity index (χ2v) is 9.69. The number of ether oxygens (including phenoxy) is 2. The molecule has 0 heterocycles. The summed E-state index contributed by atoms with van der Waals surface area (Å²) in [7, 11) is 0. The average molecular weight is 447 g/mol. The lowest BCUT2D eigenvalue weighted by molar-refractivity contribution is 0.0635. The van der Waals surface area contributed by atoms with Gasteiger partial charge in [-0.3, -0.25) is 5.32 Å². The first-order valence-corrected chi connectivity index (χ1v) is 10.5. The highest BCUT2D eigenvalue weighted by Gasteiger charge is 2.17. The molecule has 5 nitrogen and oxygen atoms in total. The summed E-state index contributed by atoms with van der Waals surface area (Å²) < 4.78 is 24.9. The highest BCUT2D eigenvalue weighted by atomic mass is 32.1. The number of nitrogens with one attached hydrogen (secondary N) is 2. The molecule has 2 N–H and O–H groups in total. The van der Waals surface area contributed by atoms with Crippen LogP contribution in [0.2, 0.25) is 0 Å². The lowest BCUT2D eigenvalue weighted by Gasteiger charge is -2.20. The predicted molar refractivity (Wildman–Crippen MR) is 126 cm³/mol. The van der Waals surface area contributed by atoms with Crippen molar-refractivity contribution in [2.75, 3.05) is 5.32 Å². The van der Waals surface area contributed by atoms with Crippen LogP contribution in [-0.4, -0.2) is 16.9 Å². The van der Waals surface area contributed by atoms with Crippen molar-refractivity contribution in [3.63, 3.8) is 0 Å². The molecule has 7 heteroatoms. The van der Waals surface area contributed by atoms with Gasteiger partial charge in [-0.05, 0) is 67.2 Å². The Kier molecular flexibility index (Phi) is 8.01. The van der Waals surface area contributed by atoms with E-state index in [2.05, 4.69) is 55.7 Å². The molecule has 0 aromatic heterocycles. The van der Waals surface area contributed by atoms with Crippen LogP contribution in [-0.2, 0) is 28.0 Å². The zero-order valence-electron chi connectivity index (χ0n) is 19.0. The highest BCUT2D eigenvalue weighted by Crippen LogP contribution is 2.22. The topological polar surface area (TPSA) is 59.6 Å². The van der Waals surface area contributed by atoms with Crippen LogP contribution in [0.25, 0.3) is 0 Å². The van der Waals surface area contributed by atoms with Crippen molar-refractivity contribution in [2.24, 2.45) is 0 Å². The summed E-state index contributed by atoms with van der Waals surface area (Å²) in [4.78, 5) is 11.8. The Hall–Kier alpha value is -2.67. The number of thiocarbonyl (C=S) groups is 1. The van der Waals surface area contributed by atoms with Crippen LogP contribution >= 0.6 is 12.2 Å². The van der Waals surface area contributed by atoms with Gasteiger partial charge in [0.2, 0.25) is 0 Å². The van der Waals surface area contributed by atoms with E-state index in [0.29, 0.717) is 12.1 Å². The molecule has 0 saturated heterocycles. The number of benzene rings is 2. The normalized spacial score (nSPS) is 11.6. The molecule has 0 radical (unpaired) electrons. The Morgan fingerprint density at radius 2 is 1.61 bits per heavy atom. The van der Waals surface area contributed by atoms with Gasteiger partial charge >= 0.3 is 6.09 Å². The smallest absolute Gasteiger partial charge is 0.412 e. The molecular formula is C24H31FN2O3S. The Balaban J connectivity index is 1.82. The van der Waals surface area contributed by atoms with Crippen LogP contribution in [0.1, 0.15) is 58.2 Å². The van der Waals surface area contributed by atoms with E-state index in [0.717, 1.165) is 5.56 Å². The number of amides is 1. The van der Waals surface area contributed by atoms with Gasteiger partial charge in [-0.15, -0.1) is 0 Å². The quantitative estimate of drug-likeness (QED) is 0.547. The highest BCUT2D eigenvalue weighted by molar-refractivity contribution is 7.80. The van der Waals surface area contributed by atoms with Crippen molar-refractivity contribution < 1.29 is 18.7 Å². The molecule has 0 aliphatic heterocycles. The van der Waals surface area contributed by atoms with E-state index in [1.807, 2.05) is 0 Å². The van der Waals surface area contributed by atoms with E-state index in [9.17, 15) is 9.18 Å². The molecule has 2 aromatic rings. The van der Waals surface area contributed by atoms with Gasteiger partial charge in [0.05, 0.1) is 5.69 Å². The molecule has 1 amide bonds. The second kappa shape index (κ2) is 10.1. The number of carbonyl (C=O) groups is 1. The van der Waals surface area contributed by atoms with Gasteiger partial charge in [-0.25, -0.2) is 9.18 Å². The molecule has 0 bridgehead atoms. The Morgan fingerprint density at radius 3 is 2.16 bits per heavy atom. The fourth-order valence-electron chi connectivity index (χ4n) is 2.66. The third-order valence-corrected chi connectivity index (χ3v) is 4.56. The molecule has 0 unspecified atom stereocenters. The fourth-order valence-corrected chi connectivity index (χ4v) is 2.79. The van der Waals surface area contributed by atoms with E-state index in [1.165, 1.54) is 17.7 Å². The number of hydrogen-bond acceptors (Lipinski definition) is 4. The maximum Gasteiger partial charge on any atom is 0.412 e. The van der Waals surface area contributed by atoms with Gasteiger partial charge in [0.25, 0.3) is 5.17 Å². The number of carbonyl (C=O) groups excluding carboxylic acids is 1. The molecule has 168 valence electrons. The van der Waals surface area contributed by atoms with E-state index in [1.54, 1.807) is 26.8 Å². The SMILES string of the molecule is CC(C)(C)OC(=O)Nc1ccc(COC(=S)NCc2ccc(C(C)(C)C)cc2)cc1F. The van der Waals surface area contributed by atoms with Crippen LogP contribution in [0.3, 0.4) is 0 Å². The van der Waals surface area contributed by atoms with Crippen LogP contribution in [0.15, 0.2) is 42.5 Å². The Bertz CT molecular complexity index is 916. The third-order valence-electron chi connectivity index (χ3n) is 4.30. The van der Waals surface area contributed by atoms with Crippen molar-refractivity contribution in [2.45, 2.75) is 65.7 Å². The number of anilines is 1. The number of hydrogen-bond donors (Lipinski definition) is 2. The molecule has 0 aliphatic carbocycles. The lowest BCUT2D eigenvalue weighted by atomic mass is 9.87. The standard InChI is InChI=1S/C24H31FN2O3S/c1-23(2,3)18-10-7-16(8-11-18)14-26-22(31)29-15-17-9-12-20(19(25)13-17)27-21(28)30-24(4,5)6/h7-13H,14-15H2,1-6H3,(H,26,31)(H,27,28). The predicted octanol–water partition coefficient (Wildman–Crippen LogP) is 6.06. The maximum absolute atomic E-state index is 14.3. The Morgan fingerprint density at radius 1 is 1.00 bits per heavy atom. The summed E-state index contributed by atoms with van der Waals surface area (Å²) in [6.45, 7) is 12.4. The minimum Gasteiger partial charge on any atom is -0.466 e. The van der Waals surface area contributed by atoms with E-state index >= 15 is 0 Å². The zero-order valence-corrected chi connectivity index (χ0v) is 19.8. The first kappa shape index (κ1) is 24.6. The summed E-state index contributed by atoms with van der Waals surface area (Å²) in [5.74, 6) is -0.579. The van der Waals surface area contributed by atoms with E-state index in [4.69, 9.17) is 21.7 Å². The zero-order chi connectivity index (χ0) is 23.2. The van der Waals surface area contributed by atoms with Crippen LogP contribution in [0.5, 0.6) is 0 Å². The third kappa shape index (κ3) is 8.53. The van der Waals surface area contributed by atoms with Gasteiger partial charge < -0.3 is 14.8 Å². The molecule has 2 aromatic carbocycles. The molecule has 0 saturated carbocycles. The van der Waals surface area contributed by atoms with Crippen LogP contribution in [0.4, 0.5) is 14.9 Å². The van der Waals surface area contributed by atoms with Gasteiger partial charge in [-0.2, -0.15) is 0 Å². The van der Waals surface area contributed by atoms with Gasteiger partial charge in [0.1, 0.15) is 18.0 Å². The van der Waals surface area contributed by atoms with Crippen LogP contribution < -0.4 is 10.6 Å². The van der Waals surface area contributed by atoms with E-state index in [-0.39, 0.29) is 22.9 Å². The van der Waals surface area contributed by atoms with Crippen molar-refractivity contribution in [1.29, 1.82) is 0 Å². The molecule has 0 spiro atoms. The largest absolute Gasteiger partial charge is 0.466 e. The summed E-state index contributed by atoms with van der Waals surface area (Å²) in [6.07, 6.45) is -0.712. The monoisotopic (exact) mass is 446 g/mol. The molecule has 2 rings (SSSR count). The van der Waals surface area contributed by atoms with Crippen molar-refractivity contribution >= 4 is 29.2 Å². The summed E-state index contributed by atoms with van der Waals surface area (Å²) in [6, 6.07) is 12.7. The average Bonchev–Trinajstić information content (AvgIpc) is 2.65. The van der Waals surface area contributed by atoms with Crippen molar-refractivity contribution in [3.05, 3.63) is 65.0 Å². The summed E-state index contributed by atoms with van der Waals surface area (Å²) in [5, 5.41) is 5.67. The number of rotatable bonds is 5. The van der Waals surface area contributed by atoms with Crippen molar-refractivity contribution in [1.82, 2.24) is 5.32 Å². The van der Waals surface area contributed by atoms with Crippen LogP contribution in [0, 0.1) is 5.82 Å². The molecule has 0 aliphatic rings. The summed E-state index contributed by atoms with van der Waals surface area (Å²) >= 11 is 5.20. The molecule has 0 fully saturated rings. The first-order chi connectivity index (χ1) is 14.3. The van der Waals surface area contributed by atoms with Crippen molar-refractivity contribution in [3.8, 4) is 0 Å². The Labute approximate surface area is 189 Å². The fraction of sp³-hybridized carbons (Fsp3) is 0.417. The van der Waals surface area contributed by atoms with Gasteiger partial charge in [-0.1, -0.05) is 51.1 Å². The van der Waals surface area contributed by atoms with Gasteiger partial charge in [0.15, 0.2) is 0 Å². The maximum atomic E-state index is 14.3. The molecular weight excluding hydrogens is 415 g/mol. The lowest BCUT2D eigenvalue weighted by Crippen LogP contribution is -2.27. The second-order valence-electron chi connectivity index (χ2n) is 9.32. The van der Waals surface area contributed by atoms with Gasteiger partial charge in [0, 0.05) is 6.54 Å².